The molecule has 5 heteroatoms. The van der Waals surface area contributed by atoms with Gasteiger partial charge in [0.2, 0.25) is 5.91 Å². The number of amides is 1. The zero-order valence-corrected chi connectivity index (χ0v) is 10.3. The van der Waals surface area contributed by atoms with E-state index in [4.69, 9.17) is 5.73 Å². The minimum Gasteiger partial charge on any atom is -0.351 e. The first-order chi connectivity index (χ1) is 6.08. The molecule has 0 aromatic rings. The summed E-state index contributed by atoms with van der Waals surface area (Å²) < 4.78 is 0. The molecule has 1 rings (SSSR count). The summed E-state index contributed by atoms with van der Waals surface area (Å²) in [5, 5.41) is 2.94. The van der Waals surface area contributed by atoms with E-state index in [2.05, 4.69) is 5.32 Å². The zero-order chi connectivity index (χ0) is 9.90. The Kier molecular flexibility index (Phi) is 5.86. The number of hydrogen-bond acceptors (Lipinski definition) is 3. The van der Waals surface area contributed by atoms with Gasteiger partial charge in [-0.1, -0.05) is 0 Å². The van der Waals surface area contributed by atoms with Crippen LogP contribution in [0, 0.1) is 0 Å². The molecule has 14 heavy (non-hydrogen) atoms. The monoisotopic (exact) mass is 238 g/mol. The molecule has 0 aromatic heterocycles. The van der Waals surface area contributed by atoms with Crippen molar-refractivity contribution in [2.45, 2.75) is 37.8 Å². The van der Waals surface area contributed by atoms with Gasteiger partial charge < -0.3 is 11.1 Å². The largest absolute Gasteiger partial charge is 0.351 e. The molecule has 0 aromatic carbocycles. The van der Waals surface area contributed by atoms with Gasteiger partial charge in [0.25, 0.3) is 0 Å². The van der Waals surface area contributed by atoms with Crippen molar-refractivity contribution in [2.75, 3.05) is 12.0 Å². The van der Waals surface area contributed by atoms with Crippen LogP contribution in [0.25, 0.3) is 0 Å². The quantitative estimate of drug-likeness (QED) is 0.773. The second-order valence-corrected chi connectivity index (χ2v) is 4.75. The highest BCUT2D eigenvalue weighted by Gasteiger charge is 2.40. The van der Waals surface area contributed by atoms with Crippen LogP contribution in [0.2, 0.25) is 0 Å². The fourth-order valence-corrected chi connectivity index (χ4v) is 2.03. The first-order valence-electron chi connectivity index (χ1n) is 4.67. The third-order valence-electron chi connectivity index (χ3n) is 2.49. The van der Waals surface area contributed by atoms with E-state index in [1.807, 2.05) is 13.2 Å². The highest BCUT2D eigenvalue weighted by Crippen LogP contribution is 2.29. The third-order valence-corrected chi connectivity index (χ3v) is 3.33. The first kappa shape index (κ1) is 14.1. The summed E-state index contributed by atoms with van der Waals surface area (Å²) in [5.41, 5.74) is 5.32. The van der Waals surface area contributed by atoms with Crippen LogP contribution < -0.4 is 11.1 Å². The van der Waals surface area contributed by atoms with E-state index in [0.29, 0.717) is 0 Å². The van der Waals surface area contributed by atoms with E-state index in [9.17, 15) is 4.79 Å². The number of halogens is 1. The number of carbonyl (C=O) groups is 1. The molecule has 0 heterocycles. The fraction of sp³-hybridized carbons (Fsp3) is 0.889. The lowest BCUT2D eigenvalue weighted by Crippen LogP contribution is -2.60. The van der Waals surface area contributed by atoms with E-state index >= 15 is 0 Å². The summed E-state index contributed by atoms with van der Waals surface area (Å²) >= 11 is 1.73. The van der Waals surface area contributed by atoms with Gasteiger partial charge in [-0.25, -0.2) is 0 Å². The van der Waals surface area contributed by atoms with Gasteiger partial charge in [0.05, 0.1) is 5.54 Å². The minimum absolute atomic E-state index is 0. The van der Waals surface area contributed by atoms with E-state index in [-0.39, 0.29) is 24.4 Å². The van der Waals surface area contributed by atoms with Gasteiger partial charge >= 0.3 is 0 Å². The molecule has 3 N–H and O–H groups in total. The summed E-state index contributed by atoms with van der Waals surface area (Å²) in [6.45, 7) is 2.01. The average Bonchev–Trinajstić information content (AvgIpc) is 2.00. The van der Waals surface area contributed by atoms with Crippen molar-refractivity contribution in [3.63, 3.8) is 0 Å². The Hall–Kier alpha value is 0.0700. The van der Waals surface area contributed by atoms with Gasteiger partial charge in [0.15, 0.2) is 0 Å². The smallest absolute Gasteiger partial charge is 0.240 e. The Bertz CT molecular complexity index is 197. The van der Waals surface area contributed by atoms with Crippen LogP contribution in [0.4, 0.5) is 0 Å². The molecule has 0 aliphatic heterocycles. The summed E-state index contributed by atoms with van der Waals surface area (Å²) in [6.07, 6.45) is 4.79. The molecule has 1 aliphatic rings. The molecule has 84 valence electrons. The lowest BCUT2D eigenvalue weighted by molar-refractivity contribution is -0.129. The third kappa shape index (κ3) is 3.33. The van der Waals surface area contributed by atoms with Crippen molar-refractivity contribution in [1.29, 1.82) is 0 Å². The number of carbonyl (C=O) groups excluding carboxylic acids is 1. The molecule has 0 radical (unpaired) electrons. The van der Waals surface area contributed by atoms with Crippen molar-refractivity contribution >= 4 is 30.1 Å². The number of thioether (sulfide) groups is 1. The van der Waals surface area contributed by atoms with E-state index in [1.165, 1.54) is 0 Å². The molecule has 0 spiro atoms. The molecule has 1 atom stereocenters. The van der Waals surface area contributed by atoms with Crippen molar-refractivity contribution in [2.24, 2.45) is 5.73 Å². The van der Waals surface area contributed by atoms with Gasteiger partial charge in [-0.2, -0.15) is 11.8 Å². The molecule has 1 unspecified atom stereocenters. The van der Waals surface area contributed by atoms with E-state index in [0.717, 1.165) is 25.0 Å². The van der Waals surface area contributed by atoms with Gasteiger partial charge in [-0.15, -0.1) is 12.4 Å². The standard InChI is InChI=1S/C9H18N2OS.ClH/c1-7(6-13-2)11-8(12)9(10)4-3-5-9;/h7H,3-6,10H2,1-2H3,(H,11,12);1H. The summed E-state index contributed by atoms with van der Waals surface area (Å²) in [6, 6.07) is 0.225. The molecule has 3 nitrogen and oxygen atoms in total. The highest BCUT2D eigenvalue weighted by atomic mass is 35.5. The highest BCUT2D eigenvalue weighted by molar-refractivity contribution is 7.98. The number of nitrogens with one attached hydrogen (secondary N) is 1. The second kappa shape index (κ2) is 5.83. The normalized spacial score (nSPS) is 20.2. The molecule has 1 aliphatic carbocycles. The fourth-order valence-electron chi connectivity index (χ4n) is 1.44. The van der Waals surface area contributed by atoms with E-state index < -0.39 is 5.54 Å². The SMILES string of the molecule is CSCC(C)NC(=O)C1(N)CCC1.Cl. The number of rotatable bonds is 4. The van der Waals surface area contributed by atoms with Gasteiger partial charge in [0.1, 0.15) is 0 Å². The van der Waals surface area contributed by atoms with Crippen molar-refractivity contribution in [3.05, 3.63) is 0 Å². The molecule has 1 amide bonds. The van der Waals surface area contributed by atoms with Gasteiger partial charge in [-0.05, 0) is 32.4 Å². The second-order valence-electron chi connectivity index (χ2n) is 3.84. The van der Waals surface area contributed by atoms with Crippen LogP contribution in [0.15, 0.2) is 0 Å². The predicted octanol–water partition coefficient (Wildman–Crippen LogP) is 1.16. The maximum atomic E-state index is 11.6. The zero-order valence-electron chi connectivity index (χ0n) is 8.71. The maximum Gasteiger partial charge on any atom is 0.240 e. The lowest BCUT2D eigenvalue weighted by Gasteiger charge is -2.37. The Morgan fingerprint density at radius 2 is 2.21 bits per heavy atom. The Balaban J connectivity index is 0.00000169. The average molecular weight is 239 g/mol. The summed E-state index contributed by atoms with van der Waals surface area (Å²) in [5.74, 6) is 0.974. The molecule has 1 fully saturated rings. The first-order valence-corrected chi connectivity index (χ1v) is 6.06. The van der Waals surface area contributed by atoms with E-state index in [1.54, 1.807) is 11.8 Å². The molecule has 0 bridgehead atoms. The maximum absolute atomic E-state index is 11.6. The minimum atomic E-state index is -0.549. The molecule has 0 saturated heterocycles. The summed E-state index contributed by atoms with van der Waals surface area (Å²) in [7, 11) is 0. The van der Waals surface area contributed by atoms with Crippen LogP contribution in [-0.4, -0.2) is 29.5 Å². The number of hydrogen-bond donors (Lipinski definition) is 2. The Morgan fingerprint density at radius 1 is 1.64 bits per heavy atom. The molecule has 1 saturated carbocycles. The Morgan fingerprint density at radius 3 is 2.57 bits per heavy atom. The van der Waals surface area contributed by atoms with Crippen LogP contribution in [0.5, 0.6) is 0 Å². The predicted molar refractivity (Wildman–Crippen MR) is 64.0 cm³/mol. The van der Waals surface area contributed by atoms with Crippen molar-refractivity contribution < 1.29 is 4.79 Å². The number of nitrogens with two attached hydrogens (primary N) is 1. The summed E-state index contributed by atoms with van der Waals surface area (Å²) in [4.78, 5) is 11.6. The lowest BCUT2D eigenvalue weighted by atomic mass is 9.77. The van der Waals surface area contributed by atoms with Crippen molar-refractivity contribution in [1.82, 2.24) is 5.32 Å². The van der Waals surface area contributed by atoms with Crippen molar-refractivity contribution in [3.8, 4) is 0 Å². The van der Waals surface area contributed by atoms with Crippen LogP contribution in [0.1, 0.15) is 26.2 Å². The van der Waals surface area contributed by atoms with Crippen LogP contribution in [0.3, 0.4) is 0 Å². The molecular weight excluding hydrogens is 220 g/mol. The van der Waals surface area contributed by atoms with Crippen LogP contribution >= 0.6 is 24.2 Å². The van der Waals surface area contributed by atoms with Gasteiger partial charge in [0, 0.05) is 11.8 Å². The Labute approximate surface area is 96.0 Å². The molecular formula is C9H19ClN2OS. The van der Waals surface area contributed by atoms with Crippen LogP contribution in [-0.2, 0) is 4.79 Å². The van der Waals surface area contributed by atoms with Gasteiger partial charge in [-0.3, -0.25) is 4.79 Å². The topological polar surface area (TPSA) is 55.1 Å².